The highest BCUT2D eigenvalue weighted by Gasteiger charge is 2.19. The number of hydrogen-bond donors (Lipinski definition) is 2. The number of ether oxygens (including phenoxy) is 1. The quantitative estimate of drug-likeness (QED) is 0.769. The third-order valence-electron chi connectivity index (χ3n) is 3.95. The van der Waals surface area contributed by atoms with Gasteiger partial charge in [0.15, 0.2) is 5.69 Å². The van der Waals surface area contributed by atoms with Crippen LogP contribution in [0.5, 0.6) is 5.75 Å². The van der Waals surface area contributed by atoms with Gasteiger partial charge in [0.25, 0.3) is 5.91 Å². The van der Waals surface area contributed by atoms with Crippen molar-refractivity contribution in [2.75, 3.05) is 13.7 Å². The fourth-order valence-electron chi connectivity index (χ4n) is 2.46. The average Bonchev–Trinajstić information content (AvgIpc) is 3.00. The summed E-state index contributed by atoms with van der Waals surface area (Å²) in [6.07, 6.45) is 2.96. The standard InChI is InChI=1S/C17H25N5O2/c1-4-5-6-13(11-18)19-17(23)16-12(2)22(21-20-16)14-7-9-15(24-3)10-8-14/h7-10,13H,4-6,11,18H2,1-3H3,(H,19,23). The van der Waals surface area contributed by atoms with Gasteiger partial charge in [0.1, 0.15) is 5.75 Å². The summed E-state index contributed by atoms with van der Waals surface area (Å²) >= 11 is 0. The van der Waals surface area contributed by atoms with Crippen LogP contribution in [0, 0.1) is 6.92 Å². The Morgan fingerprint density at radius 2 is 2.08 bits per heavy atom. The SMILES string of the molecule is CCCCC(CN)NC(=O)c1nnn(-c2ccc(OC)cc2)c1C. The molecule has 24 heavy (non-hydrogen) atoms. The maximum atomic E-state index is 12.4. The normalized spacial score (nSPS) is 12.0. The second-order valence-electron chi connectivity index (χ2n) is 5.68. The molecular weight excluding hydrogens is 306 g/mol. The highest BCUT2D eigenvalue weighted by atomic mass is 16.5. The van der Waals surface area contributed by atoms with Gasteiger partial charge in [-0.3, -0.25) is 4.79 Å². The number of nitrogens with one attached hydrogen (secondary N) is 1. The summed E-state index contributed by atoms with van der Waals surface area (Å²) < 4.78 is 6.78. The van der Waals surface area contributed by atoms with Gasteiger partial charge in [-0.05, 0) is 37.6 Å². The molecule has 0 aliphatic carbocycles. The maximum absolute atomic E-state index is 12.4. The van der Waals surface area contributed by atoms with Crippen LogP contribution >= 0.6 is 0 Å². The van der Waals surface area contributed by atoms with Gasteiger partial charge in [-0.2, -0.15) is 0 Å². The molecule has 0 spiro atoms. The molecule has 0 aliphatic heterocycles. The second kappa shape index (κ2) is 8.44. The number of benzene rings is 1. The minimum atomic E-state index is -0.237. The Kier molecular flexibility index (Phi) is 6.31. The third kappa shape index (κ3) is 4.11. The number of aromatic nitrogens is 3. The molecule has 0 aliphatic rings. The maximum Gasteiger partial charge on any atom is 0.274 e. The lowest BCUT2D eigenvalue weighted by molar-refractivity contribution is 0.0930. The average molecular weight is 331 g/mol. The fraction of sp³-hybridized carbons (Fsp3) is 0.471. The number of methoxy groups -OCH3 is 1. The van der Waals surface area contributed by atoms with E-state index in [1.807, 2.05) is 31.2 Å². The number of carbonyl (C=O) groups excluding carboxylic acids is 1. The van der Waals surface area contributed by atoms with Crippen LogP contribution in [0.4, 0.5) is 0 Å². The Morgan fingerprint density at radius 3 is 2.67 bits per heavy atom. The molecule has 2 aromatic rings. The lowest BCUT2D eigenvalue weighted by atomic mass is 10.1. The van der Waals surface area contributed by atoms with E-state index >= 15 is 0 Å². The zero-order valence-corrected chi connectivity index (χ0v) is 14.5. The summed E-state index contributed by atoms with van der Waals surface area (Å²) in [6.45, 7) is 4.35. The van der Waals surface area contributed by atoms with E-state index in [4.69, 9.17) is 10.5 Å². The molecule has 7 nitrogen and oxygen atoms in total. The molecule has 0 fully saturated rings. The molecule has 1 aromatic carbocycles. The number of hydrogen-bond acceptors (Lipinski definition) is 5. The van der Waals surface area contributed by atoms with Gasteiger partial charge in [0, 0.05) is 12.6 Å². The number of nitrogens with two attached hydrogens (primary N) is 1. The molecule has 0 saturated carbocycles. The van der Waals surface area contributed by atoms with E-state index in [0.29, 0.717) is 17.9 Å². The van der Waals surface area contributed by atoms with Gasteiger partial charge >= 0.3 is 0 Å². The fourth-order valence-corrected chi connectivity index (χ4v) is 2.46. The summed E-state index contributed by atoms with van der Waals surface area (Å²) in [5, 5.41) is 11.1. The minimum Gasteiger partial charge on any atom is -0.497 e. The molecule has 0 bridgehead atoms. The Morgan fingerprint density at radius 1 is 1.38 bits per heavy atom. The molecule has 0 saturated heterocycles. The van der Waals surface area contributed by atoms with Crippen molar-refractivity contribution in [3.05, 3.63) is 35.7 Å². The molecule has 1 heterocycles. The monoisotopic (exact) mass is 331 g/mol. The summed E-state index contributed by atoms with van der Waals surface area (Å²) in [6, 6.07) is 7.37. The van der Waals surface area contributed by atoms with E-state index in [1.54, 1.807) is 11.8 Å². The van der Waals surface area contributed by atoms with Crippen molar-refractivity contribution in [3.63, 3.8) is 0 Å². The van der Waals surface area contributed by atoms with Gasteiger partial charge in [-0.25, -0.2) is 4.68 Å². The molecule has 3 N–H and O–H groups in total. The van der Waals surface area contributed by atoms with Crippen LogP contribution in [-0.4, -0.2) is 40.6 Å². The van der Waals surface area contributed by atoms with Crippen LogP contribution < -0.4 is 15.8 Å². The summed E-state index contributed by atoms with van der Waals surface area (Å²) in [4.78, 5) is 12.4. The van der Waals surface area contributed by atoms with Crippen LogP contribution in [0.15, 0.2) is 24.3 Å². The number of rotatable bonds is 8. The zero-order chi connectivity index (χ0) is 17.5. The van der Waals surface area contributed by atoms with Crippen molar-refractivity contribution >= 4 is 5.91 Å². The molecule has 1 atom stereocenters. The van der Waals surface area contributed by atoms with Crippen molar-refractivity contribution in [3.8, 4) is 11.4 Å². The smallest absolute Gasteiger partial charge is 0.274 e. The summed E-state index contributed by atoms with van der Waals surface area (Å²) in [5.74, 6) is 0.523. The van der Waals surface area contributed by atoms with Crippen LogP contribution in [0.1, 0.15) is 42.4 Å². The van der Waals surface area contributed by atoms with Crippen LogP contribution in [0.3, 0.4) is 0 Å². The Labute approximate surface area is 142 Å². The van der Waals surface area contributed by atoms with E-state index in [1.165, 1.54) is 0 Å². The van der Waals surface area contributed by atoms with E-state index in [9.17, 15) is 4.79 Å². The number of amides is 1. The first-order valence-corrected chi connectivity index (χ1v) is 8.18. The van der Waals surface area contributed by atoms with Crippen molar-refractivity contribution in [1.82, 2.24) is 20.3 Å². The molecule has 1 aromatic heterocycles. The van der Waals surface area contributed by atoms with Gasteiger partial charge in [0.2, 0.25) is 0 Å². The van der Waals surface area contributed by atoms with Crippen LogP contribution in [-0.2, 0) is 0 Å². The topological polar surface area (TPSA) is 95.1 Å². The predicted octanol–water partition coefficient (Wildman–Crippen LogP) is 1.83. The largest absolute Gasteiger partial charge is 0.497 e. The lowest BCUT2D eigenvalue weighted by Crippen LogP contribution is -2.40. The molecule has 7 heteroatoms. The van der Waals surface area contributed by atoms with E-state index in [2.05, 4.69) is 22.6 Å². The van der Waals surface area contributed by atoms with Gasteiger partial charge in [0.05, 0.1) is 18.5 Å². The van der Waals surface area contributed by atoms with Crippen LogP contribution in [0.25, 0.3) is 5.69 Å². The van der Waals surface area contributed by atoms with E-state index < -0.39 is 0 Å². The van der Waals surface area contributed by atoms with Crippen molar-refractivity contribution in [2.24, 2.45) is 5.73 Å². The number of nitrogens with zero attached hydrogens (tertiary/aromatic N) is 3. The first kappa shape index (κ1) is 17.9. The van der Waals surface area contributed by atoms with Gasteiger partial charge in [-0.15, -0.1) is 5.10 Å². The van der Waals surface area contributed by atoms with Crippen molar-refractivity contribution < 1.29 is 9.53 Å². The Hall–Kier alpha value is -2.41. The van der Waals surface area contributed by atoms with Gasteiger partial charge in [-0.1, -0.05) is 25.0 Å². The Bertz CT molecular complexity index is 666. The number of carbonyl (C=O) groups is 1. The second-order valence-corrected chi connectivity index (χ2v) is 5.68. The van der Waals surface area contributed by atoms with E-state index in [-0.39, 0.29) is 11.9 Å². The summed E-state index contributed by atoms with van der Waals surface area (Å²) in [7, 11) is 1.62. The van der Waals surface area contributed by atoms with Crippen molar-refractivity contribution in [2.45, 2.75) is 39.2 Å². The molecule has 1 unspecified atom stereocenters. The molecule has 1 amide bonds. The van der Waals surface area contributed by atoms with Gasteiger partial charge < -0.3 is 15.8 Å². The first-order valence-electron chi connectivity index (χ1n) is 8.18. The summed E-state index contributed by atoms with van der Waals surface area (Å²) in [5.41, 5.74) is 7.56. The zero-order valence-electron chi connectivity index (χ0n) is 14.5. The first-order chi connectivity index (χ1) is 11.6. The molecule has 130 valence electrons. The lowest BCUT2D eigenvalue weighted by Gasteiger charge is -2.15. The Balaban J connectivity index is 2.14. The van der Waals surface area contributed by atoms with Crippen LogP contribution in [0.2, 0.25) is 0 Å². The predicted molar refractivity (Wildman–Crippen MR) is 92.5 cm³/mol. The van der Waals surface area contributed by atoms with E-state index in [0.717, 1.165) is 30.7 Å². The molecule has 0 radical (unpaired) electrons. The third-order valence-corrected chi connectivity index (χ3v) is 3.95. The minimum absolute atomic E-state index is 0.0389. The molecule has 2 rings (SSSR count). The highest BCUT2D eigenvalue weighted by Crippen LogP contribution is 2.16. The van der Waals surface area contributed by atoms with Crippen molar-refractivity contribution in [1.29, 1.82) is 0 Å². The highest BCUT2D eigenvalue weighted by molar-refractivity contribution is 5.93. The number of unbranched alkanes of at least 4 members (excludes halogenated alkanes) is 1. The molecular formula is C17H25N5O2.